The molecular weight excluding hydrogens is 440 g/mol. The third-order valence-corrected chi connectivity index (χ3v) is 7.04. The van der Waals surface area contributed by atoms with E-state index in [0.717, 1.165) is 50.4 Å². The molecule has 0 aliphatic carbocycles. The Balaban J connectivity index is 1.50. The van der Waals surface area contributed by atoms with Crippen molar-refractivity contribution in [1.29, 1.82) is 0 Å². The number of nitrogens with zero attached hydrogens (tertiary/aromatic N) is 2. The van der Waals surface area contributed by atoms with Gasteiger partial charge in [0, 0.05) is 33.2 Å². The molecule has 3 aromatic heterocycles. The van der Waals surface area contributed by atoms with Gasteiger partial charge in [0.25, 0.3) is 0 Å². The Hall–Kier alpha value is -4.96. The Bertz CT molecular complexity index is 2060. The maximum absolute atomic E-state index is 5.14. The van der Waals surface area contributed by atoms with Crippen molar-refractivity contribution in [3.8, 4) is 22.5 Å². The second-order valence-corrected chi connectivity index (χ2v) is 9.36. The highest BCUT2D eigenvalue weighted by atomic mass is 14.8. The van der Waals surface area contributed by atoms with Gasteiger partial charge in [-0.1, -0.05) is 48.5 Å². The molecule has 0 spiro atoms. The van der Waals surface area contributed by atoms with Gasteiger partial charge < -0.3 is 9.97 Å². The Morgan fingerprint density at radius 1 is 0.472 bits per heavy atom. The van der Waals surface area contributed by atoms with E-state index in [1.54, 1.807) is 0 Å². The Morgan fingerprint density at radius 3 is 1.86 bits per heavy atom. The molecule has 0 unspecified atom stereocenters. The van der Waals surface area contributed by atoms with E-state index in [2.05, 4.69) is 107 Å². The van der Waals surface area contributed by atoms with Crippen molar-refractivity contribution < 1.29 is 0 Å². The lowest BCUT2D eigenvalue weighted by atomic mass is 9.93. The average molecular weight is 461 g/mol. The van der Waals surface area contributed by atoms with Gasteiger partial charge in [-0.15, -0.1) is 0 Å². The third-order valence-electron chi connectivity index (χ3n) is 7.04. The maximum Gasteiger partial charge on any atom is 0.0743 e. The fourth-order valence-corrected chi connectivity index (χ4v) is 5.40. The van der Waals surface area contributed by atoms with Gasteiger partial charge in [0.05, 0.1) is 22.8 Å². The molecule has 4 heteroatoms. The molecule has 0 atom stereocenters. The van der Waals surface area contributed by atoms with Crippen molar-refractivity contribution in [1.82, 2.24) is 19.9 Å². The normalized spacial score (nSPS) is 12.3. The Kier molecular flexibility index (Phi) is 3.91. The lowest BCUT2D eigenvalue weighted by Gasteiger charge is -2.09. The first-order valence-corrected chi connectivity index (χ1v) is 12.1. The summed E-state index contributed by atoms with van der Waals surface area (Å²) in [6.45, 7) is 0. The summed E-state index contributed by atoms with van der Waals surface area (Å²) >= 11 is 0. The number of aromatic nitrogens is 4. The highest BCUT2D eigenvalue weighted by molar-refractivity contribution is 6.15. The predicted molar refractivity (Wildman–Crippen MR) is 149 cm³/mol. The van der Waals surface area contributed by atoms with Crippen molar-refractivity contribution in [2.24, 2.45) is 0 Å². The van der Waals surface area contributed by atoms with Gasteiger partial charge in [-0.05, 0) is 82.2 Å². The summed E-state index contributed by atoms with van der Waals surface area (Å²) in [4.78, 5) is 16.9. The topological polar surface area (TPSA) is 57.4 Å². The van der Waals surface area contributed by atoms with Crippen molar-refractivity contribution in [2.75, 3.05) is 0 Å². The first-order valence-electron chi connectivity index (χ1n) is 12.1. The van der Waals surface area contributed by atoms with Crippen LogP contribution in [0, 0.1) is 0 Å². The van der Waals surface area contributed by atoms with Gasteiger partial charge in [-0.25, -0.2) is 9.97 Å². The predicted octanol–water partition coefficient (Wildman–Crippen LogP) is 8.13. The number of H-pyrrole nitrogens is 2. The van der Waals surface area contributed by atoms with Gasteiger partial charge in [-0.3, -0.25) is 0 Å². The van der Waals surface area contributed by atoms with Crippen LogP contribution in [0.2, 0.25) is 0 Å². The second kappa shape index (κ2) is 7.27. The number of fused-ring (bicyclic) bond motifs is 15. The van der Waals surface area contributed by atoms with Crippen LogP contribution >= 0.6 is 0 Å². The number of hydrogen-bond donors (Lipinski definition) is 2. The molecule has 0 saturated heterocycles. The van der Waals surface area contributed by atoms with Crippen molar-refractivity contribution in [2.45, 2.75) is 0 Å². The monoisotopic (exact) mass is 460 g/mol. The van der Waals surface area contributed by atoms with E-state index < -0.39 is 0 Å². The SMILES string of the molecule is C1=Cc2cc3ccc(cc4nc(cc5ccc(cc1n2)[nH]5)-c1ccc2c(ccc5ccccc52)c1-4)[nH]3. The van der Waals surface area contributed by atoms with E-state index in [-0.39, 0.29) is 0 Å². The molecule has 168 valence electrons. The summed E-state index contributed by atoms with van der Waals surface area (Å²) in [6.07, 6.45) is 4.08. The number of rotatable bonds is 0. The van der Waals surface area contributed by atoms with E-state index in [1.165, 1.54) is 27.1 Å². The molecule has 0 amide bonds. The smallest absolute Gasteiger partial charge is 0.0743 e. The zero-order valence-electron chi connectivity index (χ0n) is 19.3. The van der Waals surface area contributed by atoms with E-state index in [0.29, 0.717) is 0 Å². The molecule has 3 aromatic carbocycles. The summed E-state index contributed by atoms with van der Waals surface area (Å²) in [5.74, 6) is 0. The second-order valence-electron chi connectivity index (χ2n) is 9.36. The van der Waals surface area contributed by atoms with Gasteiger partial charge >= 0.3 is 0 Å². The zero-order valence-corrected chi connectivity index (χ0v) is 19.3. The lowest BCUT2D eigenvalue weighted by Crippen LogP contribution is -1.83. The quantitative estimate of drug-likeness (QED) is 0.224. The summed E-state index contributed by atoms with van der Waals surface area (Å²) in [5.41, 5.74) is 10.1. The van der Waals surface area contributed by atoms with Gasteiger partial charge in [0.2, 0.25) is 0 Å². The standard InChI is InChI=1S/C32H20N4/c1-2-4-26-19(3-1)5-12-28-27(26)13-14-29-30-17-24-10-8-22(34-24)15-20-6-7-21(33-20)16-23-9-11-25(35-23)18-31(36-30)32(28)29/h1-18,34-35H. The van der Waals surface area contributed by atoms with Crippen LogP contribution in [0.25, 0.3) is 78.3 Å². The number of nitrogens with one attached hydrogen (secondary N) is 2. The zero-order chi connectivity index (χ0) is 23.6. The number of aromatic amines is 2. The van der Waals surface area contributed by atoms with Crippen LogP contribution in [-0.4, -0.2) is 19.9 Å². The summed E-state index contributed by atoms with van der Waals surface area (Å²) in [5, 5.41) is 4.97. The van der Waals surface area contributed by atoms with Crippen LogP contribution in [0.4, 0.5) is 0 Å². The Morgan fingerprint density at radius 2 is 1.11 bits per heavy atom. The van der Waals surface area contributed by atoms with E-state index in [4.69, 9.17) is 9.97 Å². The Labute approximate surface area is 206 Å². The molecule has 8 bridgehead atoms. The largest absolute Gasteiger partial charge is 0.355 e. The van der Waals surface area contributed by atoms with E-state index in [1.807, 2.05) is 12.2 Å². The molecular formula is C32H20N4. The number of hydrogen-bond acceptors (Lipinski definition) is 2. The fraction of sp³-hybridized carbons (Fsp3) is 0. The maximum atomic E-state index is 5.14. The molecule has 8 rings (SSSR count). The fourth-order valence-electron chi connectivity index (χ4n) is 5.40. The average Bonchev–Trinajstić information content (AvgIpc) is 3.69. The molecule has 0 fully saturated rings. The summed E-state index contributed by atoms with van der Waals surface area (Å²) in [6, 6.07) is 34.2. The molecule has 36 heavy (non-hydrogen) atoms. The molecule has 2 aliphatic rings. The van der Waals surface area contributed by atoms with Crippen LogP contribution in [0.5, 0.6) is 0 Å². The molecule has 5 heterocycles. The minimum Gasteiger partial charge on any atom is -0.355 e. The van der Waals surface area contributed by atoms with Crippen LogP contribution < -0.4 is 0 Å². The van der Waals surface area contributed by atoms with Gasteiger partial charge in [0.15, 0.2) is 0 Å². The van der Waals surface area contributed by atoms with E-state index >= 15 is 0 Å². The highest BCUT2D eigenvalue weighted by Crippen LogP contribution is 2.42. The molecule has 4 nitrogen and oxygen atoms in total. The van der Waals surface area contributed by atoms with Crippen molar-refractivity contribution in [3.05, 3.63) is 108 Å². The number of benzene rings is 3. The molecule has 2 aliphatic heterocycles. The van der Waals surface area contributed by atoms with Crippen LogP contribution in [0.3, 0.4) is 0 Å². The summed E-state index contributed by atoms with van der Waals surface area (Å²) < 4.78 is 0. The van der Waals surface area contributed by atoms with Crippen LogP contribution in [-0.2, 0) is 0 Å². The minimum absolute atomic E-state index is 0.928. The first-order chi connectivity index (χ1) is 17.8. The van der Waals surface area contributed by atoms with Crippen molar-refractivity contribution >= 4 is 55.8 Å². The van der Waals surface area contributed by atoms with E-state index in [9.17, 15) is 0 Å². The van der Waals surface area contributed by atoms with Gasteiger partial charge in [0.1, 0.15) is 0 Å². The third kappa shape index (κ3) is 3.01. The molecule has 2 N–H and O–H groups in total. The van der Waals surface area contributed by atoms with Crippen LogP contribution in [0.15, 0.2) is 97.1 Å². The molecule has 0 radical (unpaired) electrons. The first kappa shape index (κ1) is 19.4. The minimum atomic E-state index is 0.928. The lowest BCUT2D eigenvalue weighted by molar-refractivity contribution is 1.32. The summed E-state index contributed by atoms with van der Waals surface area (Å²) in [7, 11) is 0. The van der Waals surface area contributed by atoms with Crippen LogP contribution in [0.1, 0.15) is 11.4 Å². The van der Waals surface area contributed by atoms with Gasteiger partial charge in [-0.2, -0.15) is 0 Å². The highest BCUT2D eigenvalue weighted by Gasteiger charge is 2.20. The molecule has 6 aromatic rings. The van der Waals surface area contributed by atoms with Crippen molar-refractivity contribution in [3.63, 3.8) is 0 Å². The molecule has 0 saturated carbocycles.